The summed E-state index contributed by atoms with van der Waals surface area (Å²) in [6.45, 7) is 10.9. The monoisotopic (exact) mass is 422 g/mol. The highest BCUT2D eigenvalue weighted by Gasteiger charge is 2.24. The molecule has 1 unspecified atom stereocenters. The summed E-state index contributed by atoms with van der Waals surface area (Å²) in [6, 6.07) is 14.4. The summed E-state index contributed by atoms with van der Waals surface area (Å²) < 4.78 is 13.8. The van der Waals surface area contributed by atoms with Crippen molar-refractivity contribution in [1.29, 1.82) is 0 Å². The van der Waals surface area contributed by atoms with Crippen LogP contribution in [-0.2, 0) is 16.7 Å². The van der Waals surface area contributed by atoms with Gasteiger partial charge in [0.25, 0.3) is 0 Å². The zero-order valence-electron chi connectivity index (χ0n) is 19.1. The molecule has 166 valence electrons. The molecule has 1 aliphatic heterocycles. The summed E-state index contributed by atoms with van der Waals surface area (Å²) >= 11 is 0. The first-order chi connectivity index (χ1) is 14.8. The summed E-state index contributed by atoms with van der Waals surface area (Å²) in [5.74, 6) is 2.26. The number of hydrogen-bond acceptors (Lipinski definition) is 4. The molecular weight excluding hydrogens is 388 g/mol. The first-order valence-electron chi connectivity index (χ1n) is 11.3. The third-order valence-corrected chi connectivity index (χ3v) is 6.04. The van der Waals surface area contributed by atoms with Crippen molar-refractivity contribution in [3.63, 3.8) is 0 Å². The lowest BCUT2D eigenvalue weighted by molar-refractivity contribution is 0.0778. The van der Waals surface area contributed by atoms with Gasteiger partial charge in [0.15, 0.2) is 0 Å². The molecule has 5 heteroatoms. The Bertz CT molecular complexity index is 1030. The number of imidazole rings is 1. The summed E-state index contributed by atoms with van der Waals surface area (Å²) in [6.07, 6.45) is 1.30. The van der Waals surface area contributed by atoms with E-state index in [1.807, 2.05) is 24.3 Å². The van der Waals surface area contributed by atoms with Crippen LogP contribution in [0.4, 0.5) is 0 Å². The number of hydrogen-bond donors (Lipinski definition) is 1. The Morgan fingerprint density at radius 1 is 1.16 bits per heavy atom. The SMILES string of the molecule is Cc1ccc(OCC(O)Cn2c(C3CCOCC3)nc3ccccc32)c(C(C)(C)C)c1. The topological polar surface area (TPSA) is 56.5 Å². The molecule has 3 aromatic rings. The van der Waals surface area contributed by atoms with Crippen LogP contribution < -0.4 is 4.74 Å². The van der Waals surface area contributed by atoms with Gasteiger partial charge in [0.05, 0.1) is 17.6 Å². The van der Waals surface area contributed by atoms with Crippen LogP contribution in [0.25, 0.3) is 11.0 Å². The van der Waals surface area contributed by atoms with Gasteiger partial charge in [0.2, 0.25) is 0 Å². The highest BCUT2D eigenvalue weighted by molar-refractivity contribution is 5.76. The maximum atomic E-state index is 10.9. The third-order valence-electron chi connectivity index (χ3n) is 6.04. The fraction of sp³-hybridized carbons (Fsp3) is 0.500. The van der Waals surface area contributed by atoms with Gasteiger partial charge in [-0.15, -0.1) is 0 Å². The van der Waals surface area contributed by atoms with Crippen LogP contribution in [0.2, 0.25) is 0 Å². The Kier molecular flexibility index (Phi) is 6.35. The molecule has 1 atom stereocenters. The van der Waals surface area contributed by atoms with Crippen LogP contribution in [0.3, 0.4) is 0 Å². The van der Waals surface area contributed by atoms with E-state index in [9.17, 15) is 5.11 Å². The van der Waals surface area contributed by atoms with Crippen LogP contribution in [-0.4, -0.2) is 40.6 Å². The van der Waals surface area contributed by atoms with Crippen molar-refractivity contribution in [2.75, 3.05) is 19.8 Å². The van der Waals surface area contributed by atoms with E-state index < -0.39 is 6.10 Å². The maximum absolute atomic E-state index is 10.9. The van der Waals surface area contributed by atoms with Crippen molar-refractivity contribution in [3.8, 4) is 5.75 Å². The summed E-state index contributed by atoms with van der Waals surface area (Å²) in [7, 11) is 0. The molecule has 0 amide bonds. The van der Waals surface area contributed by atoms with Crippen molar-refractivity contribution in [3.05, 3.63) is 59.4 Å². The molecule has 4 rings (SSSR count). The lowest BCUT2D eigenvalue weighted by atomic mass is 9.85. The molecule has 0 aliphatic carbocycles. The predicted molar refractivity (Wildman–Crippen MR) is 124 cm³/mol. The first-order valence-corrected chi connectivity index (χ1v) is 11.3. The Morgan fingerprint density at radius 2 is 1.90 bits per heavy atom. The van der Waals surface area contributed by atoms with Crippen LogP contribution in [0.5, 0.6) is 5.75 Å². The zero-order valence-corrected chi connectivity index (χ0v) is 19.1. The molecule has 2 aromatic carbocycles. The number of rotatable bonds is 6. The van der Waals surface area contributed by atoms with Gasteiger partial charge in [-0.1, -0.05) is 50.6 Å². The average Bonchev–Trinajstić information content (AvgIpc) is 3.11. The highest BCUT2D eigenvalue weighted by atomic mass is 16.5. The number of nitrogens with zero attached hydrogens (tertiary/aromatic N) is 2. The number of aliphatic hydroxyl groups excluding tert-OH is 1. The number of ether oxygens (including phenoxy) is 2. The van der Waals surface area contributed by atoms with Crippen molar-refractivity contribution in [2.24, 2.45) is 0 Å². The van der Waals surface area contributed by atoms with Gasteiger partial charge in [-0.2, -0.15) is 0 Å². The summed E-state index contributed by atoms with van der Waals surface area (Å²) in [5, 5.41) is 10.9. The number of fused-ring (bicyclic) bond motifs is 1. The standard InChI is InChI=1S/C26H34N2O3/c1-18-9-10-24(21(15-18)26(2,3)4)31-17-20(29)16-28-23-8-6-5-7-22(23)27-25(28)19-11-13-30-14-12-19/h5-10,15,19-20,29H,11-14,16-17H2,1-4H3. The lowest BCUT2D eigenvalue weighted by Crippen LogP contribution is -2.27. The largest absolute Gasteiger partial charge is 0.491 e. The predicted octanol–water partition coefficient (Wildman–Crippen LogP) is 4.98. The quantitative estimate of drug-likeness (QED) is 0.609. The molecule has 1 aromatic heterocycles. The second kappa shape index (κ2) is 9.01. The Balaban J connectivity index is 1.54. The third kappa shape index (κ3) is 4.94. The smallest absolute Gasteiger partial charge is 0.123 e. The molecule has 1 saturated heterocycles. The minimum atomic E-state index is -0.634. The molecule has 5 nitrogen and oxygen atoms in total. The van der Waals surface area contributed by atoms with Gasteiger partial charge >= 0.3 is 0 Å². The van der Waals surface area contributed by atoms with E-state index in [1.54, 1.807) is 0 Å². The fourth-order valence-corrected chi connectivity index (χ4v) is 4.36. The normalized spacial score (nSPS) is 16.5. The number of aliphatic hydroxyl groups is 1. The van der Waals surface area contributed by atoms with Crippen LogP contribution in [0, 0.1) is 6.92 Å². The minimum Gasteiger partial charge on any atom is -0.491 e. The van der Waals surface area contributed by atoms with E-state index in [0.29, 0.717) is 12.5 Å². The first kappa shape index (κ1) is 21.8. The van der Waals surface area contributed by atoms with E-state index in [2.05, 4.69) is 50.5 Å². The average molecular weight is 423 g/mol. The highest BCUT2D eigenvalue weighted by Crippen LogP contribution is 2.33. The molecule has 2 heterocycles. The van der Waals surface area contributed by atoms with Gasteiger partial charge in [-0.05, 0) is 48.9 Å². The number of benzene rings is 2. The Labute approximate surface area is 185 Å². The summed E-state index contributed by atoms with van der Waals surface area (Å²) in [5.41, 5.74) is 4.39. The second-order valence-electron chi connectivity index (χ2n) is 9.67. The number of para-hydroxylation sites is 2. The Morgan fingerprint density at radius 3 is 2.65 bits per heavy atom. The minimum absolute atomic E-state index is 0.0247. The van der Waals surface area contributed by atoms with Crippen molar-refractivity contribution in [1.82, 2.24) is 9.55 Å². The molecule has 0 bridgehead atoms. The van der Waals surface area contributed by atoms with Gasteiger partial charge in [-0.3, -0.25) is 0 Å². The number of aryl methyl sites for hydroxylation is 1. The molecule has 1 aliphatic rings. The van der Waals surface area contributed by atoms with Gasteiger partial charge in [-0.25, -0.2) is 4.98 Å². The maximum Gasteiger partial charge on any atom is 0.123 e. The van der Waals surface area contributed by atoms with E-state index in [0.717, 1.165) is 54.2 Å². The van der Waals surface area contributed by atoms with Crippen molar-refractivity contribution < 1.29 is 14.6 Å². The van der Waals surface area contributed by atoms with Gasteiger partial charge in [0, 0.05) is 19.1 Å². The molecule has 0 saturated carbocycles. The molecule has 1 N–H and O–H groups in total. The fourth-order valence-electron chi connectivity index (χ4n) is 4.36. The van der Waals surface area contributed by atoms with E-state index in [-0.39, 0.29) is 12.0 Å². The molecule has 1 fully saturated rings. The van der Waals surface area contributed by atoms with Crippen molar-refractivity contribution >= 4 is 11.0 Å². The van der Waals surface area contributed by atoms with Crippen LogP contribution in [0.1, 0.15) is 56.5 Å². The Hall–Kier alpha value is -2.37. The van der Waals surface area contributed by atoms with E-state index in [4.69, 9.17) is 14.5 Å². The van der Waals surface area contributed by atoms with E-state index >= 15 is 0 Å². The van der Waals surface area contributed by atoms with Crippen molar-refractivity contribution in [2.45, 2.75) is 64.5 Å². The van der Waals surface area contributed by atoms with Gasteiger partial charge in [0.1, 0.15) is 24.3 Å². The number of aromatic nitrogens is 2. The molecule has 0 spiro atoms. The van der Waals surface area contributed by atoms with E-state index in [1.165, 1.54) is 5.56 Å². The van der Waals surface area contributed by atoms with Crippen LogP contribution >= 0.6 is 0 Å². The zero-order chi connectivity index (χ0) is 22.0. The molecular formula is C26H34N2O3. The van der Waals surface area contributed by atoms with Gasteiger partial charge < -0.3 is 19.1 Å². The second-order valence-corrected chi connectivity index (χ2v) is 9.67. The summed E-state index contributed by atoms with van der Waals surface area (Å²) in [4.78, 5) is 4.92. The van der Waals surface area contributed by atoms with Crippen LogP contribution in [0.15, 0.2) is 42.5 Å². The molecule has 31 heavy (non-hydrogen) atoms. The lowest BCUT2D eigenvalue weighted by Gasteiger charge is -2.25. The molecule has 0 radical (unpaired) electrons.